The van der Waals surface area contributed by atoms with E-state index in [1.165, 1.54) is 11.7 Å². The summed E-state index contributed by atoms with van der Waals surface area (Å²) >= 11 is 7.33. The molecule has 1 N–H and O–H groups in total. The number of furan rings is 1. The summed E-state index contributed by atoms with van der Waals surface area (Å²) in [6, 6.07) is 7.62. The van der Waals surface area contributed by atoms with Crippen LogP contribution in [0.25, 0.3) is 11.0 Å². The first-order chi connectivity index (χ1) is 9.29. The number of para-hydroxylation sites is 1. The van der Waals surface area contributed by atoms with E-state index < -0.39 is 0 Å². The van der Waals surface area contributed by atoms with Crippen LogP contribution in [0.3, 0.4) is 0 Å². The molecule has 0 amide bonds. The van der Waals surface area contributed by atoms with E-state index in [1.807, 2.05) is 31.2 Å². The van der Waals surface area contributed by atoms with Crippen LogP contribution in [-0.4, -0.2) is 15.3 Å². The highest BCUT2D eigenvalue weighted by molar-refractivity contribution is 6.99. The highest BCUT2D eigenvalue weighted by atomic mass is 35.5. The van der Waals surface area contributed by atoms with Gasteiger partial charge < -0.3 is 9.73 Å². The molecule has 0 aliphatic heterocycles. The summed E-state index contributed by atoms with van der Waals surface area (Å²) in [7, 11) is 0. The van der Waals surface area contributed by atoms with Crippen LogP contribution in [0.5, 0.6) is 0 Å². The number of aromatic nitrogens is 2. The van der Waals surface area contributed by atoms with E-state index >= 15 is 0 Å². The van der Waals surface area contributed by atoms with Crippen LogP contribution < -0.4 is 5.32 Å². The molecule has 98 valence electrons. The molecule has 0 aliphatic carbocycles. The number of rotatable bonds is 4. The zero-order valence-electron chi connectivity index (χ0n) is 10.3. The molecule has 0 bridgehead atoms. The third kappa shape index (κ3) is 2.36. The van der Waals surface area contributed by atoms with Gasteiger partial charge in [-0.3, -0.25) is 0 Å². The van der Waals surface area contributed by atoms with Gasteiger partial charge in [0.25, 0.3) is 0 Å². The average molecular weight is 294 g/mol. The zero-order chi connectivity index (χ0) is 13.2. The Balaban J connectivity index is 2.08. The molecule has 2 heterocycles. The summed E-state index contributed by atoms with van der Waals surface area (Å²) in [6.45, 7) is 2.86. The predicted octanol–water partition coefficient (Wildman–Crippen LogP) is 3.64. The minimum absolute atomic E-state index is 0.0905. The molecule has 0 saturated heterocycles. The molecule has 6 heteroatoms. The van der Waals surface area contributed by atoms with Crippen molar-refractivity contribution in [2.45, 2.75) is 13.0 Å². The van der Waals surface area contributed by atoms with Gasteiger partial charge in [0.1, 0.15) is 11.8 Å². The molecule has 1 unspecified atom stereocenters. The van der Waals surface area contributed by atoms with E-state index in [0.29, 0.717) is 10.6 Å². The summed E-state index contributed by atoms with van der Waals surface area (Å²) in [4.78, 5) is 0. The van der Waals surface area contributed by atoms with E-state index in [9.17, 15) is 0 Å². The Bertz CT molecular complexity index is 680. The molecule has 19 heavy (non-hydrogen) atoms. The Kier molecular flexibility index (Phi) is 3.50. The van der Waals surface area contributed by atoms with Gasteiger partial charge in [0.15, 0.2) is 5.58 Å². The van der Waals surface area contributed by atoms with Crippen molar-refractivity contribution >= 4 is 34.3 Å². The quantitative estimate of drug-likeness (QED) is 0.798. The lowest BCUT2D eigenvalue weighted by molar-refractivity contribution is 0.473. The van der Waals surface area contributed by atoms with E-state index in [0.717, 1.165) is 23.4 Å². The van der Waals surface area contributed by atoms with Crippen molar-refractivity contribution in [3.63, 3.8) is 0 Å². The maximum atomic E-state index is 6.14. The van der Waals surface area contributed by atoms with Crippen molar-refractivity contribution in [2.24, 2.45) is 0 Å². The number of halogens is 1. The number of hydrogen-bond acceptors (Lipinski definition) is 5. The van der Waals surface area contributed by atoms with Crippen LogP contribution in [0.1, 0.15) is 24.4 Å². The van der Waals surface area contributed by atoms with Crippen LogP contribution in [0, 0.1) is 0 Å². The second-order valence-electron chi connectivity index (χ2n) is 4.13. The van der Waals surface area contributed by atoms with Gasteiger partial charge in [-0.15, -0.1) is 0 Å². The standard InChI is InChI=1S/C13H12ClN3OS/c1-2-15-12(10-7-16-19-17-10)11-6-8-4-3-5-9(14)13(8)18-11/h3-7,12,15H,2H2,1H3. The molecule has 0 saturated carbocycles. The first kappa shape index (κ1) is 12.6. The summed E-state index contributed by atoms with van der Waals surface area (Å²) in [5.41, 5.74) is 1.58. The van der Waals surface area contributed by atoms with Gasteiger partial charge in [-0.1, -0.05) is 30.7 Å². The number of hydrogen-bond donors (Lipinski definition) is 1. The van der Waals surface area contributed by atoms with Crippen molar-refractivity contribution in [1.29, 1.82) is 0 Å². The maximum Gasteiger partial charge on any atom is 0.152 e. The summed E-state index contributed by atoms with van der Waals surface area (Å²) in [6.07, 6.45) is 1.76. The Hall–Kier alpha value is -1.43. The Labute approximate surface area is 119 Å². The van der Waals surface area contributed by atoms with E-state index in [-0.39, 0.29) is 6.04 Å². The molecular weight excluding hydrogens is 282 g/mol. The average Bonchev–Trinajstić information content (AvgIpc) is 3.05. The Morgan fingerprint density at radius 3 is 3.05 bits per heavy atom. The van der Waals surface area contributed by atoms with Gasteiger partial charge in [0.05, 0.1) is 28.6 Å². The third-order valence-electron chi connectivity index (χ3n) is 2.88. The van der Waals surface area contributed by atoms with Gasteiger partial charge in [-0.05, 0) is 18.7 Å². The van der Waals surface area contributed by atoms with Gasteiger partial charge in [0, 0.05) is 5.39 Å². The van der Waals surface area contributed by atoms with Crippen LogP contribution >= 0.6 is 23.3 Å². The number of nitrogens with one attached hydrogen (secondary N) is 1. The summed E-state index contributed by atoms with van der Waals surface area (Å²) in [5, 5.41) is 4.96. The van der Waals surface area contributed by atoms with Crippen LogP contribution in [-0.2, 0) is 0 Å². The number of nitrogens with zero attached hydrogens (tertiary/aromatic N) is 2. The van der Waals surface area contributed by atoms with Crippen molar-refractivity contribution in [1.82, 2.24) is 14.1 Å². The zero-order valence-corrected chi connectivity index (χ0v) is 11.8. The van der Waals surface area contributed by atoms with Crippen molar-refractivity contribution in [2.75, 3.05) is 6.54 Å². The highest BCUT2D eigenvalue weighted by Gasteiger charge is 2.20. The molecule has 2 aromatic heterocycles. The lowest BCUT2D eigenvalue weighted by Gasteiger charge is -2.11. The molecule has 3 aromatic rings. The fraction of sp³-hybridized carbons (Fsp3) is 0.231. The minimum Gasteiger partial charge on any atom is -0.457 e. The predicted molar refractivity (Wildman–Crippen MR) is 76.7 cm³/mol. The minimum atomic E-state index is -0.0905. The summed E-state index contributed by atoms with van der Waals surface area (Å²) < 4.78 is 14.2. The molecule has 0 spiro atoms. The third-order valence-corrected chi connectivity index (χ3v) is 3.67. The highest BCUT2D eigenvalue weighted by Crippen LogP contribution is 2.31. The first-order valence-corrected chi connectivity index (χ1v) is 7.09. The Morgan fingerprint density at radius 2 is 2.37 bits per heavy atom. The molecule has 3 rings (SSSR count). The summed E-state index contributed by atoms with van der Waals surface area (Å²) in [5.74, 6) is 0.803. The first-order valence-electron chi connectivity index (χ1n) is 5.98. The topological polar surface area (TPSA) is 51.0 Å². The van der Waals surface area contributed by atoms with E-state index in [4.69, 9.17) is 16.0 Å². The monoisotopic (exact) mass is 293 g/mol. The van der Waals surface area contributed by atoms with Crippen molar-refractivity contribution in [3.8, 4) is 0 Å². The lowest BCUT2D eigenvalue weighted by Crippen LogP contribution is -2.21. The number of fused-ring (bicyclic) bond motifs is 1. The van der Waals surface area contributed by atoms with Crippen molar-refractivity contribution < 1.29 is 4.42 Å². The molecule has 0 fully saturated rings. The van der Waals surface area contributed by atoms with Gasteiger partial charge in [-0.2, -0.15) is 8.75 Å². The van der Waals surface area contributed by atoms with Gasteiger partial charge in [0.2, 0.25) is 0 Å². The van der Waals surface area contributed by atoms with Crippen molar-refractivity contribution in [3.05, 3.63) is 46.9 Å². The molecule has 1 atom stereocenters. The fourth-order valence-corrected chi connectivity index (χ4v) is 2.71. The smallest absolute Gasteiger partial charge is 0.152 e. The van der Waals surface area contributed by atoms with Crippen LogP contribution in [0.4, 0.5) is 0 Å². The molecular formula is C13H12ClN3OS. The molecule has 0 aliphatic rings. The second kappa shape index (κ2) is 5.28. The second-order valence-corrected chi connectivity index (χ2v) is 5.09. The van der Waals surface area contributed by atoms with Crippen LogP contribution in [0.15, 0.2) is 34.9 Å². The fourth-order valence-electron chi connectivity index (χ4n) is 2.04. The van der Waals surface area contributed by atoms with Gasteiger partial charge in [-0.25, -0.2) is 0 Å². The normalized spacial score (nSPS) is 12.9. The lowest BCUT2D eigenvalue weighted by atomic mass is 10.1. The Morgan fingerprint density at radius 1 is 1.47 bits per heavy atom. The van der Waals surface area contributed by atoms with E-state index in [1.54, 1.807) is 6.20 Å². The largest absolute Gasteiger partial charge is 0.457 e. The maximum absolute atomic E-state index is 6.14. The molecule has 1 aromatic carbocycles. The molecule has 0 radical (unpaired) electrons. The van der Waals surface area contributed by atoms with Crippen LogP contribution in [0.2, 0.25) is 5.02 Å². The van der Waals surface area contributed by atoms with Gasteiger partial charge >= 0.3 is 0 Å². The number of benzene rings is 1. The molecule has 4 nitrogen and oxygen atoms in total. The van der Waals surface area contributed by atoms with E-state index in [2.05, 4.69) is 14.1 Å². The SMILES string of the molecule is CCNC(c1cnsn1)c1cc2cccc(Cl)c2o1.